The lowest BCUT2D eigenvalue weighted by Crippen LogP contribution is -2.38. The van der Waals surface area contributed by atoms with Crippen molar-refractivity contribution in [2.45, 2.75) is 25.7 Å². The van der Waals surface area contributed by atoms with Crippen LogP contribution in [0.1, 0.15) is 35.4 Å². The molecular formula is C24H25NO2. The quantitative estimate of drug-likeness (QED) is 0.608. The van der Waals surface area contributed by atoms with Crippen LogP contribution in [-0.2, 0) is 6.42 Å². The first-order valence-corrected chi connectivity index (χ1v) is 9.77. The summed E-state index contributed by atoms with van der Waals surface area (Å²) in [6.45, 7) is 1.66. The number of likely N-dealkylation sites (tertiary alicyclic amines) is 1. The molecule has 0 unspecified atom stereocenters. The molecule has 1 saturated heterocycles. The molecule has 0 N–H and O–H groups in total. The molecule has 2 heterocycles. The van der Waals surface area contributed by atoms with E-state index in [1.165, 1.54) is 23.1 Å². The molecule has 1 fully saturated rings. The maximum atomic E-state index is 12.3. The van der Waals surface area contributed by atoms with Crippen LogP contribution < -0.4 is 0 Å². The van der Waals surface area contributed by atoms with Crippen molar-refractivity contribution in [1.29, 1.82) is 0 Å². The number of carbonyl (C=O) groups excluding carboxylic acids is 1. The van der Waals surface area contributed by atoms with Crippen LogP contribution in [0.2, 0.25) is 0 Å². The Kier molecular flexibility index (Phi) is 5.38. The number of nitrogens with zero attached hydrogens (tertiary/aromatic N) is 1. The molecule has 1 aromatic heterocycles. The molecule has 4 rings (SSSR count). The second kappa shape index (κ2) is 8.26. The van der Waals surface area contributed by atoms with Crippen molar-refractivity contribution in [3.05, 3.63) is 84.3 Å². The minimum Gasteiger partial charge on any atom is -0.459 e. The molecular weight excluding hydrogens is 334 g/mol. The highest BCUT2D eigenvalue weighted by molar-refractivity contribution is 5.91. The molecule has 0 bridgehead atoms. The van der Waals surface area contributed by atoms with Crippen molar-refractivity contribution in [2.75, 3.05) is 13.1 Å². The molecule has 0 saturated carbocycles. The number of hydrogen-bond donors (Lipinski definition) is 0. The molecule has 138 valence electrons. The maximum Gasteiger partial charge on any atom is 0.289 e. The van der Waals surface area contributed by atoms with E-state index in [2.05, 4.69) is 48.5 Å². The van der Waals surface area contributed by atoms with E-state index in [9.17, 15) is 4.79 Å². The largest absolute Gasteiger partial charge is 0.459 e. The van der Waals surface area contributed by atoms with E-state index in [1.54, 1.807) is 18.4 Å². The summed E-state index contributed by atoms with van der Waals surface area (Å²) in [6.07, 6.45) is 6.01. The van der Waals surface area contributed by atoms with Gasteiger partial charge >= 0.3 is 0 Å². The van der Waals surface area contributed by atoms with Gasteiger partial charge in [0.1, 0.15) is 0 Å². The molecule has 0 atom stereocenters. The Morgan fingerprint density at radius 3 is 2.26 bits per heavy atom. The van der Waals surface area contributed by atoms with Gasteiger partial charge < -0.3 is 9.32 Å². The van der Waals surface area contributed by atoms with Crippen molar-refractivity contribution in [3.8, 4) is 11.1 Å². The SMILES string of the molecule is O=C(c1ccco1)N1CCC(CCc2ccc(-c3ccccc3)cc2)CC1. The summed E-state index contributed by atoms with van der Waals surface area (Å²) in [5.74, 6) is 1.17. The van der Waals surface area contributed by atoms with Crippen LogP contribution in [0.4, 0.5) is 0 Å². The standard InChI is InChI=1S/C24H25NO2/c26-24(23-7-4-18-27-23)25-16-14-20(15-17-25)9-8-19-10-12-22(13-11-19)21-5-2-1-3-6-21/h1-7,10-13,18,20H,8-9,14-17H2. The van der Waals surface area contributed by atoms with Gasteiger partial charge in [0.2, 0.25) is 0 Å². The van der Waals surface area contributed by atoms with E-state index >= 15 is 0 Å². The van der Waals surface area contributed by atoms with Crippen LogP contribution in [-0.4, -0.2) is 23.9 Å². The summed E-state index contributed by atoms with van der Waals surface area (Å²) in [7, 11) is 0. The first kappa shape index (κ1) is 17.6. The molecule has 0 aliphatic carbocycles. The number of piperidine rings is 1. The Labute approximate surface area is 160 Å². The molecule has 0 radical (unpaired) electrons. The van der Waals surface area contributed by atoms with Gasteiger partial charge in [-0.3, -0.25) is 4.79 Å². The molecule has 0 spiro atoms. The van der Waals surface area contributed by atoms with Crippen molar-refractivity contribution < 1.29 is 9.21 Å². The van der Waals surface area contributed by atoms with E-state index in [0.717, 1.165) is 32.4 Å². The van der Waals surface area contributed by atoms with Gasteiger partial charge in [-0.05, 0) is 60.4 Å². The van der Waals surface area contributed by atoms with Gasteiger partial charge in [-0.1, -0.05) is 54.6 Å². The fourth-order valence-corrected chi connectivity index (χ4v) is 3.85. The Morgan fingerprint density at radius 1 is 0.889 bits per heavy atom. The van der Waals surface area contributed by atoms with Gasteiger partial charge in [0.25, 0.3) is 5.91 Å². The molecule has 3 nitrogen and oxygen atoms in total. The fourth-order valence-electron chi connectivity index (χ4n) is 3.85. The van der Waals surface area contributed by atoms with Crippen LogP contribution in [0.25, 0.3) is 11.1 Å². The number of furan rings is 1. The molecule has 27 heavy (non-hydrogen) atoms. The number of aryl methyl sites for hydroxylation is 1. The van der Waals surface area contributed by atoms with E-state index in [1.807, 2.05) is 11.0 Å². The third-order valence-electron chi connectivity index (χ3n) is 5.54. The summed E-state index contributed by atoms with van der Waals surface area (Å²) < 4.78 is 5.23. The van der Waals surface area contributed by atoms with Crippen molar-refractivity contribution in [2.24, 2.45) is 5.92 Å². The Hall–Kier alpha value is -2.81. The lowest BCUT2D eigenvalue weighted by Gasteiger charge is -2.31. The molecule has 1 aliphatic heterocycles. The van der Waals surface area contributed by atoms with Crippen molar-refractivity contribution in [3.63, 3.8) is 0 Å². The van der Waals surface area contributed by atoms with Gasteiger partial charge in [0, 0.05) is 13.1 Å². The monoisotopic (exact) mass is 359 g/mol. The zero-order valence-electron chi connectivity index (χ0n) is 15.5. The Balaban J connectivity index is 1.26. The predicted octanol–water partition coefficient (Wildman–Crippen LogP) is 5.43. The van der Waals surface area contributed by atoms with Crippen LogP contribution in [0, 0.1) is 5.92 Å². The van der Waals surface area contributed by atoms with Crippen LogP contribution in [0.5, 0.6) is 0 Å². The first-order valence-electron chi connectivity index (χ1n) is 9.77. The number of hydrogen-bond acceptors (Lipinski definition) is 2. The van der Waals surface area contributed by atoms with E-state index in [0.29, 0.717) is 11.7 Å². The number of amides is 1. The highest BCUT2D eigenvalue weighted by Gasteiger charge is 2.24. The first-order chi connectivity index (χ1) is 13.3. The third-order valence-corrected chi connectivity index (χ3v) is 5.54. The molecule has 3 aromatic rings. The summed E-state index contributed by atoms with van der Waals surface area (Å²) in [6, 6.07) is 22.9. The van der Waals surface area contributed by atoms with Gasteiger partial charge in [-0.15, -0.1) is 0 Å². The zero-order valence-corrected chi connectivity index (χ0v) is 15.5. The van der Waals surface area contributed by atoms with Crippen LogP contribution >= 0.6 is 0 Å². The molecule has 2 aromatic carbocycles. The minimum atomic E-state index is 0.0231. The maximum absolute atomic E-state index is 12.3. The smallest absolute Gasteiger partial charge is 0.289 e. The lowest BCUT2D eigenvalue weighted by atomic mass is 9.90. The summed E-state index contributed by atoms with van der Waals surface area (Å²) in [5, 5.41) is 0. The number of benzene rings is 2. The number of rotatable bonds is 5. The van der Waals surface area contributed by atoms with E-state index in [-0.39, 0.29) is 5.91 Å². The van der Waals surface area contributed by atoms with Gasteiger partial charge in [0.05, 0.1) is 6.26 Å². The third kappa shape index (κ3) is 4.30. The lowest BCUT2D eigenvalue weighted by molar-refractivity contribution is 0.0655. The van der Waals surface area contributed by atoms with Crippen molar-refractivity contribution in [1.82, 2.24) is 4.90 Å². The van der Waals surface area contributed by atoms with Gasteiger partial charge in [-0.25, -0.2) is 0 Å². The highest BCUT2D eigenvalue weighted by atomic mass is 16.3. The number of carbonyl (C=O) groups is 1. The fraction of sp³-hybridized carbons (Fsp3) is 0.292. The summed E-state index contributed by atoms with van der Waals surface area (Å²) in [5.41, 5.74) is 3.92. The summed E-state index contributed by atoms with van der Waals surface area (Å²) in [4.78, 5) is 14.2. The van der Waals surface area contributed by atoms with Gasteiger partial charge in [0.15, 0.2) is 5.76 Å². The summed E-state index contributed by atoms with van der Waals surface area (Å²) >= 11 is 0. The zero-order chi connectivity index (χ0) is 18.5. The molecule has 1 amide bonds. The van der Waals surface area contributed by atoms with Crippen LogP contribution in [0.15, 0.2) is 77.4 Å². The minimum absolute atomic E-state index is 0.0231. The topological polar surface area (TPSA) is 33.5 Å². The molecule has 1 aliphatic rings. The Morgan fingerprint density at radius 2 is 1.59 bits per heavy atom. The van der Waals surface area contributed by atoms with Crippen LogP contribution in [0.3, 0.4) is 0 Å². The van der Waals surface area contributed by atoms with Gasteiger partial charge in [-0.2, -0.15) is 0 Å². The average Bonchev–Trinajstić information content (AvgIpc) is 3.28. The average molecular weight is 359 g/mol. The van der Waals surface area contributed by atoms with E-state index < -0.39 is 0 Å². The normalized spacial score (nSPS) is 15.0. The predicted molar refractivity (Wildman–Crippen MR) is 108 cm³/mol. The molecule has 3 heteroatoms. The van der Waals surface area contributed by atoms with Crippen molar-refractivity contribution >= 4 is 5.91 Å². The Bertz CT molecular complexity index is 845. The highest BCUT2D eigenvalue weighted by Crippen LogP contribution is 2.25. The second-order valence-corrected chi connectivity index (χ2v) is 7.31. The van der Waals surface area contributed by atoms with E-state index in [4.69, 9.17) is 4.42 Å². The second-order valence-electron chi connectivity index (χ2n) is 7.31.